The van der Waals surface area contributed by atoms with Gasteiger partial charge in [0.25, 0.3) is 0 Å². The molecule has 0 saturated heterocycles. The van der Waals surface area contributed by atoms with Gasteiger partial charge in [-0.05, 0) is 38.1 Å². The smallest absolute Gasteiger partial charge is 0.219 e. The first-order chi connectivity index (χ1) is 8.70. The summed E-state index contributed by atoms with van der Waals surface area (Å²) in [5.41, 5.74) is 5.65. The van der Waals surface area contributed by atoms with Crippen LogP contribution in [-0.2, 0) is 0 Å². The van der Waals surface area contributed by atoms with E-state index >= 15 is 0 Å². The lowest BCUT2D eigenvalue weighted by Crippen LogP contribution is -2.08. The van der Waals surface area contributed by atoms with Crippen molar-refractivity contribution in [2.24, 2.45) is 11.7 Å². The molecule has 2 N–H and O–H groups in total. The van der Waals surface area contributed by atoms with E-state index in [9.17, 15) is 0 Å². The Hall–Kier alpha value is -0.900. The highest BCUT2D eigenvalue weighted by atomic mass is 16.4. The van der Waals surface area contributed by atoms with Gasteiger partial charge in [0.15, 0.2) is 0 Å². The number of nitrogens with zero attached hydrogens (tertiary/aromatic N) is 2. The van der Waals surface area contributed by atoms with Crippen LogP contribution in [0.5, 0.6) is 0 Å². The lowest BCUT2D eigenvalue weighted by molar-refractivity contribution is 0.379. The van der Waals surface area contributed by atoms with Gasteiger partial charge in [-0.1, -0.05) is 26.7 Å². The second-order valence-corrected chi connectivity index (χ2v) is 5.78. The summed E-state index contributed by atoms with van der Waals surface area (Å²) in [5.74, 6) is 3.21. The van der Waals surface area contributed by atoms with Gasteiger partial charge in [-0.25, -0.2) is 0 Å². The van der Waals surface area contributed by atoms with Crippen LogP contribution in [0.2, 0.25) is 0 Å². The lowest BCUT2D eigenvalue weighted by Gasteiger charge is -2.12. The minimum absolute atomic E-state index is 0.321. The molecule has 1 aromatic rings. The number of hydrogen-bond acceptors (Lipinski definition) is 4. The zero-order valence-corrected chi connectivity index (χ0v) is 11.6. The highest BCUT2D eigenvalue weighted by molar-refractivity contribution is 4.95. The van der Waals surface area contributed by atoms with Crippen LogP contribution in [-0.4, -0.2) is 16.7 Å². The molecule has 0 amide bonds. The summed E-state index contributed by atoms with van der Waals surface area (Å²) < 4.78 is 5.79. The second kappa shape index (κ2) is 6.32. The van der Waals surface area contributed by atoms with E-state index in [-0.39, 0.29) is 0 Å². The van der Waals surface area contributed by atoms with Crippen LogP contribution >= 0.6 is 0 Å². The van der Waals surface area contributed by atoms with Gasteiger partial charge in [-0.15, -0.1) is 10.2 Å². The predicted octanol–water partition coefficient (Wildman–Crippen LogP) is 3.21. The molecule has 2 atom stereocenters. The number of hydrogen-bond donors (Lipinski definition) is 1. The molecule has 1 fully saturated rings. The molecule has 18 heavy (non-hydrogen) atoms. The summed E-state index contributed by atoms with van der Waals surface area (Å²) in [6.07, 6.45) is 7.33. The van der Waals surface area contributed by atoms with Crippen LogP contribution in [0.1, 0.15) is 76.0 Å². The molecule has 102 valence electrons. The highest BCUT2D eigenvalue weighted by Crippen LogP contribution is 2.34. The minimum Gasteiger partial charge on any atom is -0.425 e. The molecule has 1 saturated carbocycles. The van der Waals surface area contributed by atoms with Crippen molar-refractivity contribution in [3.63, 3.8) is 0 Å². The Kier molecular flexibility index (Phi) is 4.75. The molecule has 1 aliphatic rings. The van der Waals surface area contributed by atoms with Gasteiger partial charge in [-0.3, -0.25) is 0 Å². The Labute approximate surface area is 109 Å². The molecule has 0 spiro atoms. The standard InChI is InChI=1S/C14H25N3O/c1-10(2)13-16-17-14(18-13)12-5-3-4-11(6-7-12)8-9-15/h10-12H,3-9,15H2,1-2H3. The SMILES string of the molecule is CC(C)c1nnc(C2CCCC(CCN)CC2)o1. The lowest BCUT2D eigenvalue weighted by atomic mass is 9.95. The van der Waals surface area contributed by atoms with E-state index in [0.29, 0.717) is 11.8 Å². The molecule has 4 heteroatoms. The van der Waals surface area contributed by atoms with Crippen molar-refractivity contribution >= 4 is 0 Å². The Balaban J connectivity index is 1.96. The van der Waals surface area contributed by atoms with Crippen LogP contribution in [0.4, 0.5) is 0 Å². The Morgan fingerprint density at radius 1 is 1.22 bits per heavy atom. The van der Waals surface area contributed by atoms with Crippen LogP contribution in [0.15, 0.2) is 4.42 Å². The molecule has 1 heterocycles. The van der Waals surface area contributed by atoms with E-state index in [4.69, 9.17) is 10.2 Å². The summed E-state index contributed by atoms with van der Waals surface area (Å²) in [4.78, 5) is 0. The quantitative estimate of drug-likeness (QED) is 0.834. The maximum absolute atomic E-state index is 5.79. The van der Waals surface area contributed by atoms with E-state index in [0.717, 1.165) is 30.7 Å². The fourth-order valence-corrected chi connectivity index (χ4v) is 2.79. The third kappa shape index (κ3) is 3.31. The average Bonchev–Trinajstić information content (AvgIpc) is 2.72. The molecular formula is C14H25N3O. The molecule has 0 bridgehead atoms. The summed E-state index contributed by atoms with van der Waals surface area (Å²) in [7, 11) is 0. The van der Waals surface area contributed by atoms with E-state index in [1.165, 1.54) is 32.1 Å². The third-order valence-corrected chi connectivity index (χ3v) is 3.96. The topological polar surface area (TPSA) is 64.9 Å². The van der Waals surface area contributed by atoms with Crippen LogP contribution in [0.25, 0.3) is 0 Å². The summed E-state index contributed by atoms with van der Waals surface area (Å²) in [6, 6.07) is 0. The average molecular weight is 251 g/mol. The van der Waals surface area contributed by atoms with Gasteiger partial charge >= 0.3 is 0 Å². The van der Waals surface area contributed by atoms with E-state index in [2.05, 4.69) is 24.0 Å². The maximum atomic E-state index is 5.79. The van der Waals surface area contributed by atoms with Gasteiger partial charge in [0.1, 0.15) is 0 Å². The largest absolute Gasteiger partial charge is 0.425 e. The Bertz CT molecular complexity index is 362. The van der Waals surface area contributed by atoms with Crippen molar-refractivity contribution in [3.05, 3.63) is 11.8 Å². The van der Waals surface area contributed by atoms with Crippen molar-refractivity contribution in [2.45, 2.75) is 64.2 Å². The maximum Gasteiger partial charge on any atom is 0.219 e. The molecule has 4 nitrogen and oxygen atoms in total. The number of nitrogens with two attached hydrogens (primary N) is 1. The molecular weight excluding hydrogens is 226 g/mol. The van der Waals surface area contributed by atoms with Crippen molar-refractivity contribution < 1.29 is 4.42 Å². The zero-order valence-electron chi connectivity index (χ0n) is 11.6. The van der Waals surface area contributed by atoms with Crippen molar-refractivity contribution in [2.75, 3.05) is 6.54 Å². The Morgan fingerprint density at radius 3 is 2.72 bits per heavy atom. The number of rotatable bonds is 4. The van der Waals surface area contributed by atoms with Crippen LogP contribution < -0.4 is 5.73 Å². The molecule has 0 radical (unpaired) electrons. The third-order valence-electron chi connectivity index (χ3n) is 3.96. The minimum atomic E-state index is 0.321. The van der Waals surface area contributed by atoms with Crippen molar-refractivity contribution in [1.29, 1.82) is 0 Å². The summed E-state index contributed by atoms with van der Waals surface area (Å²) in [5, 5.41) is 8.37. The highest BCUT2D eigenvalue weighted by Gasteiger charge is 2.24. The normalized spacial score (nSPS) is 25.3. The zero-order chi connectivity index (χ0) is 13.0. The number of aromatic nitrogens is 2. The van der Waals surface area contributed by atoms with Gasteiger partial charge in [-0.2, -0.15) is 0 Å². The first-order valence-corrected chi connectivity index (χ1v) is 7.24. The molecule has 2 unspecified atom stereocenters. The van der Waals surface area contributed by atoms with Crippen molar-refractivity contribution in [1.82, 2.24) is 10.2 Å². The van der Waals surface area contributed by atoms with Gasteiger partial charge in [0.2, 0.25) is 11.8 Å². The van der Waals surface area contributed by atoms with Gasteiger partial charge in [0.05, 0.1) is 0 Å². The molecule has 0 aliphatic heterocycles. The summed E-state index contributed by atoms with van der Waals surface area (Å²) >= 11 is 0. The fourth-order valence-electron chi connectivity index (χ4n) is 2.79. The van der Waals surface area contributed by atoms with E-state index in [1.807, 2.05) is 0 Å². The second-order valence-electron chi connectivity index (χ2n) is 5.78. The van der Waals surface area contributed by atoms with E-state index < -0.39 is 0 Å². The van der Waals surface area contributed by atoms with Gasteiger partial charge in [0, 0.05) is 11.8 Å². The first kappa shape index (κ1) is 13.5. The monoisotopic (exact) mass is 251 g/mol. The van der Waals surface area contributed by atoms with E-state index in [1.54, 1.807) is 0 Å². The fraction of sp³-hybridized carbons (Fsp3) is 0.857. The molecule has 1 aliphatic carbocycles. The molecule has 1 aromatic heterocycles. The first-order valence-electron chi connectivity index (χ1n) is 7.24. The van der Waals surface area contributed by atoms with Crippen molar-refractivity contribution in [3.8, 4) is 0 Å². The Morgan fingerprint density at radius 2 is 2.06 bits per heavy atom. The van der Waals surface area contributed by atoms with Crippen LogP contribution in [0, 0.1) is 5.92 Å². The molecule has 0 aromatic carbocycles. The molecule has 2 rings (SSSR count). The predicted molar refractivity (Wildman–Crippen MR) is 71.4 cm³/mol. The summed E-state index contributed by atoms with van der Waals surface area (Å²) in [6.45, 7) is 4.98. The van der Waals surface area contributed by atoms with Crippen LogP contribution in [0.3, 0.4) is 0 Å². The van der Waals surface area contributed by atoms with Gasteiger partial charge < -0.3 is 10.2 Å².